The lowest BCUT2D eigenvalue weighted by Crippen LogP contribution is -2.20. The summed E-state index contributed by atoms with van der Waals surface area (Å²) in [6.45, 7) is 0.249. The highest BCUT2D eigenvalue weighted by Gasteiger charge is 2.23. The molecule has 5 heteroatoms. The molecule has 0 fully saturated rings. The SMILES string of the molecule is OC(CCOCC(F)F)CC1CCOc2ccccc21. The van der Waals surface area contributed by atoms with E-state index >= 15 is 0 Å². The van der Waals surface area contributed by atoms with E-state index in [4.69, 9.17) is 9.47 Å². The van der Waals surface area contributed by atoms with Crippen LogP contribution in [0.1, 0.15) is 30.7 Å². The molecule has 2 rings (SSSR count). The highest BCUT2D eigenvalue weighted by molar-refractivity contribution is 5.37. The quantitative estimate of drug-likeness (QED) is 0.783. The Morgan fingerprint density at radius 2 is 2.15 bits per heavy atom. The molecule has 1 aliphatic rings. The summed E-state index contributed by atoms with van der Waals surface area (Å²) in [5, 5.41) is 9.98. The average Bonchev–Trinajstić information content (AvgIpc) is 2.44. The number of hydrogen-bond donors (Lipinski definition) is 1. The Bertz CT molecular complexity index is 412. The first-order valence-corrected chi connectivity index (χ1v) is 6.92. The number of halogens is 2. The second kappa shape index (κ2) is 7.55. The van der Waals surface area contributed by atoms with Crippen LogP contribution in [0.25, 0.3) is 0 Å². The van der Waals surface area contributed by atoms with Gasteiger partial charge in [0.05, 0.1) is 12.7 Å². The van der Waals surface area contributed by atoms with Gasteiger partial charge in [-0.1, -0.05) is 18.2 Å². The zero-order valence-electron chi connectivity index (χ0n) is 11.3. The lowest BCUT2D eigenvalue weighted by molar-refractivity contribution is 0.00312. The largest absolute Gasteiger partial charge is 0.493 e. The van der Waals surface area contributed by atoms with Gasteiger partial charge in [0.1, 0.15) is 12.4 Å². The molecule has 1 aliphatic heterocycles. The number of aliphatic hydroxyl groups is 1. The Balaban J connectivity index is 1.79. The van der Waals surface area contributed by atoms with Crippen molar-refractivity contribution in [1.82, 2.24) is 0 Å². The van der Waals surface area contributed by atoms with Crippen molar-refractivity contribution in [2.75, 3.05) is 19.8 Å². The summed E-state index contributed by atoms with van der Waals surface area (Å²) in [5.74, 6) is 1.13. The van der Waals surface area contributed by atoms with E-state index in [1.807, 2.05) is 24.3 Å². The fourth-order valence-corrected chi connectivity index (χ4v) is 2.50. The maximum atomic E-state index is 11.9. The lowest BCUT2D eigenvalue weighted by Gasteiger charge is -2.27. The molecule has 3 nitrogen and oxygen atoms in total. The first kappa shape index (κ1) is 15.2. The molecule has 1 heterocycles. The highest BCUT2D eigenvalue weighted by atomic mass is 19.3. The normalized spacial score (nSPS) is 19.5. The molecule has 0 bridgehead atoms. The summed E-state index contributed by atoms with van der Waals surface area (Å²) in [6, 6.07) is 7.83. The highest BCUT2D eigenvalue weighted by Crippen LogP contribution is 2.36. The maximum absolute atomic E-state index is 11.9. The van der Waals surface area contributed by atoms with E-state index in [2.05, 4.69) is 0 Å². The van der Waals surface area contributed by atoms with Crippen LogP contribution in [0, 0.1) is 0 Å². The number of rotatable bonds is 7. The molecule has 0 saturated carbocycles. The van der Waals surface area contributed by atoms with E-state index in [9.17, 15) is 13.9 Å². The summed E-state index contributed by atoms with van der Waals surface area (Å²) in [4.78, 5) is 0. The van der Waals surface area contributed by atoms with Gasteiger partial charge in [-0.15, -0.1) is 0 Å². The average molecular weight is 286 g/mol. The summed E-state index contributed by atoms with van der Waals surface area (Å²) < 4.78 is 34.2. The fourth-order valence-electron chi connectivity index (χ4n) is 2.50. The molecule has 0 amide bonds. The van der Waals surface area contributed by atoms with E-state index in [-0.39, 0.29) is 12.5 Å². The molecular formula is C15H20F2O3. The fraction of sp³-hybridized carbons (Fsp3) is 0.600. The molecule has 20 heavy (non-hydrogen) atoms. The minimum absolute atomic E-state index is 0.163. The van der Waals surface area contributed by atoms with Gasteiger partial charge in [-0.2, -0.15) is 0 Å². The topological polar surface area (TPSA) is 38.7 Å². The van der Waals surface area contributed by atoms with Crippen LogP contribution in [-0.2, 0) is 4.74 Å². The number of para-hydroxylation sites is 1. The van der Waals surface area contributed by atoms with Crippen molar-refractivity contribution in [2.45, 2.75) is 37.7 Å². The molecule has 0 radical (unpaired) electrons. The number of ether oxygens (including phenoxy) is 2. The van der Waals surface area contributed by atoms with Crippen LogP contribution in [-0.4, -0.2) is 37.5 Å². The Morgan fingerprint density at radius 3 is 2.95 bits per heavy atom. The first-order chi connectivity index (χ1) is 9.66. The molecule has 2 unspecified atom stereocenters. The third kappa shape index (κ3) is 4.42. The number of aliphatic hydroxyl groups excluding tert-OH is 1. The number of fused-ring (bicyclic) bond motifs is 1. The van der Waals surface area contributed by atoms with Crippen LogP contribution in [0.5, 0.6) is 5.75 Å². The van der Waals surface area contributed by atoms with Crippen LogP contribution in [0.15, 0.2) is 24.3 Å². The first-order valence-electron chi connectivity index (χ1n) is 6.92. The summed E-state index contributed by atoms with van der Waals surface area (Å²) in [5.41, 5.74) is 1.12. The van der Waals surface area contributed by atoms with Gasteiger partial charge in [0.25, 0.3) is 6.43 Å². The standard InChI is InChI=1S/C15H20F2O3/c16-15(17)10-19-7-6-12(18)9-11-5-8-20-14-4-2-1-3-13(11)14/h1-4,11-12,15,18H,5-10H2. The zero-order chi connectivity index (χ0) is 14.4. The van der Waals surface area contributed by atoms with Crippen molar-refractivity contribution < 1.29 is 23.4 Å². The van der Waals surface area contributed by atoms with Gasteiger partial charge < -0.3 is 14.6 Å². The summed E-state index contributed by atoms with van der Waals surface area (Å²) >= 11 is 0. The Morgan fingerprint density at radius 1 is 1.35 bits per heavy atom. The molecule has 0 spiro atoms. The van der Waals surface area contributed by atoms with Crippen LogP contribution < -0.4 is 4.74 Å². The van der Waals surface area contributed by atoms with Crippen LogP contribution in [0.3, 0.4) is 0 Å². The monoisotopic (exact) mass is 286 g/mol. The van der Waals surface area contributed by atoms with Crippen LogP contribution >= 0.6 is 0 Å². The third-order valence-electron chi connectivity index (χ3n) is 3.48. The van der Waals surface area contributed by atoms with Crippen LogP contribution in [0.2, 0.25) is 0 Å². The molecule has 0 aliphatic carbocycles. The zero-order valence-corrected chi connectivity index (χ0v) is 11.3. The van der Waals surface area contributed by atoms with E-state index < -0.39 is 19.1 Å². The molecule has 2 atom stereocenters. The van der Waals surface area contributed by atoms with E-state index in [0.717, 1.165) is 17.7 Å². The maximum Gasteiger partial charge on any atom is 0.261 e. The number of alkyl halides is 2. The third-order valence-corrected chi connectivity index (χ3v) is 3.48. The van der Waals surface area contributed by atoms with Crippen molar-refractivity contribution in [3.8, 4) is 5.75 Å². The predicted molar refractivity (Wildman–Crippen MR) is 71.4 cm³/mol. The minimum atomic E-state index is -2.45. The molecule has 0 aromatic heterocycles. The summed E-state index contributed by atoms with van der Waals surface area (Å²) in [7, 11) is 0. The van der Waals surface area contributed by atoms with E-state index in [1.165, 1.54) is 0 Å². The van der Waals surface area contributed by atoms with Crippen molar-refractivity contribution in [3.63, 3.8) is 0 Å². The van der Waals surface area contributed by atoms with Crippen molar-refractivity contribution in [2.24, 2.45) is 0 Å². The summed E-state index contributed by atoms with van der Waals surface area (Å²) in [6.07, 6.45) is -1.13. The van der Waals surface area contributed by atoms with Crippen molar-refractivity contribution in [3.05, 3.63) is 29.8 Å². The molecule has 0 saturated heterocycles. The number of benzene rings is 1. The molecule has 1 N–H and O–H groups in total. The molecule has 112 valence electrons. The molecular weight excluding hydrogens is 266 g/mol. The van der Waals surface area contributed by atoms with Gasteiger partial charge in [-0.3, -0.25) is 0 Å². The Kier molecular flexibility index (Phi) is 5.73. The number of hydrogen-bond acceptors (Lipinski definition) is 3. The second-order valence-corrected chi connectivity index (χ2v) is 5.02. The van der Waals surface area contributed by atoms with Gasteiger partial charge in [0, 0.05) is 6.61 Å². The van der Waals surface area contributed by atoms with Gasteiger partial charge in [0.15, 0.2) is 0 Å². The van der Waals surface area contributed by atoms with Gasteiger partial charge in [0.2, 0.25) is 0 Å². The van der Waals surface area contributed by atoms with Crippen molar-refractivity contribution in [1.29, 1.82) is 0 Å². The molecule has 1 aromatic carbocycles. The van der Waals surface area contributed by atoms with Gasteiger partial charge in [-0.05, 0) is 36.8 Å². The van der Waals surface area contributed by atoms with Crippen molar-refractivity contribution >= 4 is 0 Å². The minimum Gasteiger partial charge on any atom is -0.493 e. The van der Waals surface area contributed by atoms with E-state index in [1.54, 1.807) is 0 Å². The van der Waals surface area contributed by atoms with Gasteiger partial charge >= 0.3 is 0 Å². The van der Waals surface area contributed by atoms with E-state index in [0.29, 0.717) is 19.4 Å². The Labute approximate surface area is 117 Å². The second-order valence-electron chi connectivity index (χ2n) is 5.02. The van der Waals surface area contributed by atoms with Crippen LogP contribution in [0.4, 0.5) is 8.78 Å². The predicted octanol–water partition coefficient (Wildman–Crippen LogP) is 2.98. The molecule has 1 aromatic rings. The Hall–Kier alpha value is -1.20. The lowest BCUT2D eigenvalue weighted by atomic mass is 9.88. The van der Waals surface area contributed by atoms with Gasteiger partial charge in [-0.25, -0.2) is 8.78 Å². The smallest absolute Gasteiger partial charge is 0.261 e.